The largest absolute Gasteiger partial charge is 0.434 e. The predicted molar refractivity (Wildman–Crippen MR) is 112 cm³/mol. The maximum atomic E-state index is 13.0. The molecule has 2 aromatic rings. The fourth-order valence-corrected chi connectivity index (χ4v) is 3.42. The average molecular weight is 428 g/mol. The van der Waals surface area contributed by atoms with E-state index in [9.17, 15) is 14.4 Å². The Bertz CT molecular complexity index is 865. The van der Waals surface area contributed by atoms with Crippen LogP contribution in [0.25, 0.3) is 0 Å². The highest BCUT2D eigenvalue weighted by Gasteiger charge is 2.34. The molecule has 0 saturated carbocycles. The molecule has 1 saturated heterocycles. The zero-order valence-electron chi connectivity index (χ0n) is 17.3. The summed E-state index contributed by atoms with van der Waals surface area (Å²) in [4.78, 5) is 51.7. The Morgan fingerprint density at radius 2 is 1.94 bits per heavy atom. The predicted octanol–water partition coefficient (Wildman–Crippen LogP) is 0.742. The van der Waals surface area contributed by atoms with Crippen LogP contribution in [0.15, 0.2) is 42.9 Å². The lowest BCUT2D eigenvalue weighted by Crippen LogP contribution is -2.53. The fourth-order valence-electron chi connectivity index (χ4n) is 3.42. The Balaban J connectivity index is 1.74. The van der Waals surface area contributed by atoms with Crippen LogP contribution >= 0.6 is 0 Å². The summed E-state index contributed by atoms with van der Waals surface area (Å²) >= 11 is 0. The third kappa shape index (κ3) is 6.29. The van der Waals surface area contributed by atoms with Crippen molar-refractivity contribution in [1.82, 2.24) is 19.9 Å². The minimum absolute atomic E-state index is 0.0337. The molecule has 0 spiro atoms. The Morgan fingerprint density at radius 3 is 2.55 bits per heavy atom. The monoisotopic (exact) mass is 428 g/mol. The number of piperidine rings is 1. The van der Waals surface area contributed by atoms with E-state index in [0.717, 1.165) is 10.6 Å². The van der Waals surface area contributed by atoms with E-state index in [-0.39, 0.29) is 18.9 Å². The minimum Gasteiger partial charge on any atom is -0.368 e. The van der Waals surface area contributed by atoms with Gasteiger partial charge in [0.25, 0.3) is 5.91 Å². The summed E-state index contributed by atoms with van der Waals surface area (Å²) in [6.07, 6.45) is 4.10. The molecule has 3 amide bonds. The van der Waals surface area contributed by atoms with Crippen LogP contribution in [-0.4, -0.2) is 63.0 Å². The van der Waals surface area contributed by atoms with E-state index in [1.807, 2.05) is 30.3 Å². The summed E-state index contributed by atoms with van der Waals surface area (Å²) in [5.74, 6) is -1.29. The van der Waals surface area contributed by atoms with Crippen molar-refractivity contribution in [3.63, 3.8) is 0 Å². The van der Waals surface area contributed by atoms with E-state index < -0.39 is 23.9 Å². The molecule has 1 fully saturated rings. The maximum Gasteiger partial charge on any atom is 0.434 e. The molecule has 1 aromatic heterocycles. The van der Waals surface area contributed by atoms with Crippen molar-refractivity contribution in [2.75, 3.05) is 13.1 Å². The number of hydroxylamine groups is 2. The molecule has 1 atom stereocenters. The number of aromatic amines is 1. The number of aryl methyl sites for hydroxylation is 1. The molecule has 3 rings (SSSR count). The van der Waals surface area contributed by atoms with Gasteiger partial charge in [0.2, 0.25) is 5.91 Å². The van der Waals surface area contributed by atoms with Crippen molar-refractivity contribution >= 4 is 17.9 Å². The third-order valence-corrected chi connectivity index (χ3v) is 5.27. The van der Waals surface area contributed by atoms with Gasteiger partial charge in [-0.25, -0.2) is 9.78 Å². The Labute approximate surface area is 180 Å². The van der Waals surface area contributed by atoms with Gasteiger partial charge in [-0.15, -0.1) is 0 Å². The van der Waals surface area contributed by atoms with Crippen LogP contribution in [0.1, 0.15) is 30.5 Å². The average Bonchev–Trinajstić information content (AvgIpc) is 3.28. The van der Waals surface area contributed by atoms with Crippen LogP contribution in [0.3, 0.4) is 0 Å². The number of carbonyl (C=O) groups excluding carboxylic acids is 3. The number of amides is 3. The van der Waals surface area contributed by atoms with E-state index in [2.05, 4.69) is 9.97 Å². The van der Waals surface area contributed by atoms with Crippen molar-refractivity contribution in [3.8, 4) is 0 Å². The van der Waals surface area contributed by atoms with Gasteiger partial charge in [-0.2, -0.15) is 5.06 Å². The van der Waals surface area contributed by atoms with Crippen LogP contribution in [0.4, 0.5) is 4.79 Å². The number of benzene rings is 1. The number of rotatable bonds is 7. The summed E-state index contributed by atoms with van der Waals surface area (Å²) in [6.45, 7) is 0.849. The first-order valence-electron chi connectivity index (χ1n) is 10.3. The number of hydrogen-bond acceptors (Lipinski definition) is 6. The zero-order valence-corrected chi connectivity index (χ0v) is 17.3. The molecule has 166 valence electrons. The summed E-state index contributed by atoms with van der Waals surface area (Å²) in [7, 11) is 0. The molecule has 0 radical (unpaired) electrons. The molecule has 0 bridgehead atoms. The van der Waals surface area contributed by atoms with E-state index in [4.69, 9.17) is 16.3 Å². The number of imidazole rings is 1. The molecule has 0 unspecified atom stereocenters. The van der Waals surface area contributed by atoms with Gasteiger partial charge in [-0.1, -0.05) is 30.3 Å². The summed E-state index contributed by atoms with van der Waals surface area (Å²) in [6, 6.07) is 8.31. The number of hydrogen-bond donors (Lipinski definition) is 3. The lowest BCUT2D eigenvalue weighted by molar-refractivity contribution is -0.182. The molecule has 1 aliphatic rings. The van der Waals surface area contributed by atoms with Gasteiger partial charge in [-0.05, 0) is 24.8 Å². The minimum atomic E-state index is -1.17. The highest BCUT2D eigenvalue weighted by Crippen LogP contribution is 2.16. The standard InChI is InChI=1S/C21H28N6O4/c22-16-8-10-26(11-9-16)21(30)31-27(18(20(23)29)12-17-13-24-14-25-17)19(28)7-6-15-4-2-1-3-5-15/h1-5,13-14,16,18H,6-12,22H2,(H2,23,29)(H,24,25)/t18-/m0/s1. The first-order chi connectivity index (χ1) is 14.9. The van der Waals surface area contributed by atoms with Crippen molar-refractivity contribution in [1.29, 1.82) is 0 Å². The summed E-state index contributed by atoms with van der Waals surface area (Å²) < 4.78 is 0. The quantitative estimate of drug-likeness (QED) is 0.554. The van der Waals surface area contributed by atoms with E-state index >= 15 is 0 Å². The van der Waals surface area contributed by atoms with Crippen LogP contribution in [-0.2, 0) is 27.3 Å². The number of H-pyrrole nitrogens is 1. The normalized spacial score (nSPS) is 15.3. The molecule has 1 aromatic carbocycles. The summed E-state index contributed by atoms with van der Waals surface area (Å²) in [5, 5.41) is 0.822. The van der Waals surface area contributed by atoms with Crippen LogP contribution in [0.5, 0.6) is 0 Å². The number of nitrogens with zero attached hydrogens (tertiary/aromatic N) is 3. The maximum absolute atomic E-state index is 13.0. The molecule has 31 heavy (non-hydrogen) atoms. The number of nitrogens with one attached hydrogen (secondary N) is 1. The molecule has 10 nitrogen and oxygen atoms in total. The first kappa shape index (κ1) is 22.3. The molecule has 0 aliphatic carbocycles. The lowest BCUT2D eigenvalue weighted by atomic mass is 10.1. The Kier molecular flexibility index (Phi) is 7.60. The number of carbonyl (C=O) groups is 3. The Hall–Kier alpha value is -3.40. The van der Waals surface area contributed by atoms with Crippen LogP contribution in [0.2, 0.25) is 0 Å². The van der Waals surface area contributed by atoms with Crippen molar-refractivity contribution in [2.45, 2.75) is 44.2 Å². The van der Waals surface area contributed by atoms with Crippen molar-refractivity contribution < 1.29 is 19.2 Å². The molecule has 1 aliphatic heterocycles. The van der Waals surface area contributed by atoms with Crippen LogP contribution in [0, 0.1) is 0 Å². The van der Waals surface area contributed by atoms with Gasteiger partial charge in [0, 0.05) is 43.9 Å². The number of aromatic nitrogens is 2. The second-order valence-corrected chi connectivity index (χ2v) is 7.59. The molecule has 2 heterocycles. The molecule has 5 N–H and O–H groups in total. The summed E-state index contributed by atoms with van der Waals surface area (Å²) in [5.41, 5.74) is 13.0. The van der Waals surface area contributed by atoms with Gasteiger partial charge >= 0.3 is 6.09 Å². The van der Waals surface area contributed by atoms with Gasteiger partial charge in [-0.3, -0.25) is 9.59 Å². The number of likely N-dealkylation sites (tertiary alicyclic amines) is 1. The second-order valence-electron chi connectivity index (χ2n) is 7.59. The van der Waals surface area contributed by atoms with Gasteiger partial charge < -0.3 is 26.2 Å². The second kappa shape index (κ2) is 10.6. The Morgan fingerprint density at radius 1 is 1.23 bits per heavy atom. The molecular weight excluding hydrogens is 400 g/mol. The third-order valence-electron chi connectivity index (χ3n) is 5.27. The molecule has 10 heteroatoms. The lowest BCUT2D eigenvalue weighted by Gasteiger charge is -2.33. The van der Waals surface area contributed by atoms with Gasteiger partial charge in [0.05, 0.1) is 6.33 Å². The zero-order chi connectivity index (χ0) is 22.2. The number of nitrogens with two attached hydrogens (primary N) is 2. The number of primary amides is 1. The van der Waals surface area contributed by atoms with Gasteiger partial charge in [0.15, 0.2) is 6.04 Å². The topological polar surface area (TPSA) is 148 Å². The van der Waals surface area contributed by atoms with E-state index in [0.29, 0.717) is 38.0 Å². The van der Waals surface area contributed by atoms with Gasteiger partial charge in [0.1, 0.15) is 0 Å². The van der Waals surface area contributed by atoms with E-state index in [1.165, 1.54) is 17.4 Å². The first-order valence-corrected chi connectivity index (χ1v) is 10.3. The molecular formula is C21H28N6O4. The SMILES string of the molecule is NC(=O)[C@H](Cc1cnc[nH]1)N(OC(=O)N1CCC(N)CC1)C(=O)CCc1ccccc1. The van der Waals surface area contributed by atoms with Crippen molar-refractivity contribution in [2.24, 2.45) is 11.5 Å². The highest BCUT2D eigenvalue weighted by atomic mass is 16.7. The highest BCUT2D eigenvalue weighted by molar-refractivity contribution is 5.87. The fraction of sp³-hybridized carbons (Fsp3) is 0.429. The van der Waals surface area contributed by atoms with E-state index in [1.54, 1.807) is 0 Å². The van der Waals surface area contributed by atoms with Crippen molar-refractivity contribution in [3.05, 3.63) is 54.1 Å². The smallest absolute Gasteiger partial charge is 0.368 e. The van der Waals surface area contributed by atoms with Crippen LogP contribution < -0.4 is 11.5 Å².